The maximum absolute atomic E-state index is 12.8. The van der Waals surface area contributed by atoms with Crippen molar-refractivity contribution in [1.29, 1.82) is 0 Å². The van der Waals surface area contributed by atoms with Crippen molar-refractivity contribution in [3.8, 4) is 0 Å². The van der Waals surface area contributed by atoms with Crippen LogP contribution in [0.3, 0.4) is 0 Å². The standard InChI is InChI=1S/C21H37N3O3S/c1-17(20(26)23-12-7-4-8-13-23)22-21(27)24(15-16-28-18(2)25)14-11-19-9-5-3-6-10-19/h17,19H,3-16H2,1-2H3,(H,22,27)/t17-/m0/s1. The van der Waals surface area contributed by atoms with E-state index in [1.54, 1.807) is 18.7 Å². The average Bonchev–Trinajstić information content (AvgIpc) is 2.71. The van der Waals surface area contributed by atoms with Gasteiger partial charge in [-0.3, -0.25) is 9.59 Å². The van der Waals surface area contributed by atoms with Crippen molar-refractivity contribution in [2.24, 2.45) is 5.92 Å². The highest BCUT2D eigenvalue weighted by Crippen LogP contribution is 2.26. The molecule has 1 aliphatic carbocycles. The third-order valence-corrected chi connectivity index (χ3v) is 6.66. The number of rotatable bonds is 8. The van der Waals surface area contributed by atoms with Gasteiger partial charge in [0.2, 0.25) is 5.91 Å². The lowest BCUT2D eigenvalue weighted by molar-refractivity contribution is -0.133. The number of thioether (sulfide) groups is 1. The van der Waals surface area contributed by atoms with Gasteiger partial charge < -0.3 is 15.1 Å². The van der Waals surface area contributed by atoms with Crippen LogP contribution >= 0.6 is 11.8 Å². The molecule has 2 rings (SSSR count). The van der Waals surface area contributed by atoms with Crippen molar-refractivity contribution in [1.82, 2.24) is 15.1 Å². The molecule has 1 N–H and O–H groups in total. The van der Waals surface area contributed by atoms with E-state index < -0.39 is 6.04 Å². The highest BCUT2D eigenvalue weighted by molar-refractivity contribution is 8.13. The highest BCUT2D eigenvalue weighted by Gasteiger charge is 2.25. The molecule has 1 saturated heterocycles. The van der Waals surface area contributed by atoms with Crippen LogP contribution in [-0.2, 0) is 9.59 Å². The Labute approximate surface area is 174 Å². The normalized spacial score (nSPS) is 19.1. The monoisotopic (exact) mass is 411 g/mol. The van der Waals surface area contributed by atoms with Crippen LogP contribution in [0.4, 0.5) is 4.79 Å². The fourth-order valence-electron chi connectivity index (χ4n) is 4.16. The van der Waals surface area contributed by atoms with Gasteiger partial charge in [0, 0.05) is 38.9 Å². The minimum Gasteiger partial charge on any atom is -0.341 e. The summed E-state index contributed by atoms with van der Waals surface area (Å²) >= 11 is 1.25. The Morgan fingerprint density at radius 2 is 1.68 bits per heavy atom. The van der Waals surface area contributed by atoms with Crippen molar-refractivity contribution in [3.63, 3.8) is 0 Å². The summed E-state index contributed by atoms with van der Waals surface area (Å²) < 4.78 is 0. The second kappa shape index (κ2) is 12.3. The van der Waals surface area contributed by atoms with Gasteiger partial charge in [-0.15, -0.1) is 0 Å². The number of piperidine rings is 1. The van der Waals surface area contributed by atoms with Gasteiger partial charge in [-0.05, 0) is 38.5 Å². The number of carbonyl (C=O) groups is 3. The van der Waals surface area contributed by atoms with Gasteiger partial charge >= 0.3 is 6.03 Å². The molecule has 0 unspecified atom stereocenters. The zero-order valence-corrected chi connectivity index (χ0v) is 18.4. The van der Waals surface area contributed by atoms with Gasteiger partial charge in [-0.2, -0.15) is 0 Å². The van der Waals surface area contributed by atoms with E-state index in [1.807, 2.05) is 4.90 Å². The van der Waals surface area contributed by atoms with E-state index in [0.29, 0.717) is 24.8 Å². The molecule has 1 aliphatic heterocycles. The van der Waals surface area contributed by atoms with Gasteiger partial charge in [0.05, 0.1) is 0 Å². The number of amides is 3. The molecule has 2 aliphatic rings. The minimum atomic E-state index is -0.511. The van der Waals surface area contributed by atoms with E-state index in [9.17, 15) is 14.4 Å². The number of nitrogens with one attached hydrogen (secondary N) is 1. The summed E-state index contributed by atoms with van der Waals surface area (Å²) in [6, 6.07) is -0.693. The quantitative estimate of drug-likeness (QED) is 0.662. The number of carbonyl (C=O) groups excluding carboxylic acids is 3. The highest BCUT2D eigenvalue weighted by atomic mass is 32.2. The summed E-state index contributed by atoms with van der Waals surface area (Å²) in [6.45, 7) is 6.14. The number of urea groups is 1. The third kappa shape index (κ3) is 8.02. The maximum atomic E-state index is 12.8. The Kier molecular flexibility index (Phi) is 10.2. The van der Waals surface area contributed by atoms with Crippen LogP contribution in [-0.4, -0.2) is 64.8 Å². The first-order valence-electron chi connectivity index (χ1n) is 10.9. The largest absolute Gasteiger partial charge is 0.341 e. The smallest absolute Gasteiger partial charge is 0.318 e. The summed E-state index contributed by atoms with van der Waals surface area (Å²) in [6.07, 6.45) is 10.7. The Bertz CT molecular complexity index is 517. The molecule has 7 heteroatoms. The minimum absolute atomic E-state index is 0.0124. The molecule has 28 heavy (non-hydrogen) atoms. The van der Waals surface area contributed by atoms with E-state index in [-0.39, 0.29) is 17.1 Å². The van der Waals surface area contributed by atoms with Crippen molar-refractivity contribution >= 4 is 28.8 Å². The van der Waals surface area contributed by atoms with Crippen molar-refractivity contribution in [2.75, 3.05) is 31.9 Å². The maximum Gasteiger partial charge on any atom is 0.318 e. The zero-order chi connectivity index (χ0) is 20.4. The first-order chi connectivity index (χ1) is 13.5. The molecule has 0 aromatic rings. The van der Waals surface area contributed by atoms with E-state index in [4.69, 9.17) is 0 Å². The van der Waals surface area contributed by atoms with Gasteiger partial charge in [-0.1, -0.05) is 43.9 Å². The molecule has 2 fully saturated rings. The zero-order valence-electron chi connectivity index (χ0n) is 17.6. The van der Waals surface area contributed by atoms with Crippen LogP contribution < -0.4 is 5.32 Å². The number of nitrogens with zero attached hydrogens (tertiary/aromatic N) is 2. The molecule has 0 bridgehead atoms. The Morgan fingerprint density at radius 3 is 2.32 bits per heavy atom. The lowest BCUT2D eigenvalue weighted by atomic mass is 9.87. The first-order valence-corrected chi connectivity index (χ1v) is 11.9. The van der Waals surface area contributed by atoms with Crippen molar-refractivity contribution in [3.05, 3.63) is 0 Å². The molecular weight excluding hydrogens is 374 g/mol. The van der Waals surface area contributed by atoms with E-state index in [1.165, 1.54) is 50.3 Å². The third-order valence-electron chi connectivity index (χ3n) is 5.86. The summed E-state index contributed by atoms with van der Waals surface area (Å²) in [5.74, 6) is 1.30. The molecule has 0 aromatic carbocycles. The van der Waals surface area contributed by atoms with Crippen LogP contribution in [0.2, 0.25) is 0 Å². The van der Waals surface area contributed by atoms with Gasteiger partial charge in [0.1, 0.15) is 6.04 Å². The first kappa shape index (κ1) is 23.0. The predicted molar refractivity (Wildman–Crippen MR) is 114 cm³/mol. The number of hydrogen-bond acceptors (Lipinski definition) is 4. The van der Waals surface area contributed by atoms with E-state index >= 15 is 0 Å². The fourth-order valence-corrected chi connectivity index (χ4v) is 4.75. The number of hydrogen-bond donors (Lipinski definition) is 1. The van der Waals surface area contributed by atoms with Crippen LogP contribution in [0.5, 0.6) is 0 Å². The SMILES string of the molecule is CC(=O)SCCN(CCC1CCCCC1)C(=O)N[C@@H](C)C(=O)N1CCCCC1. The summed E-state index contributed by atoms with van der Waals surface area (Å²) in [4.78, 5) is 40.3. The second-order valence-electron chi connectivity index (χ2n) is 8.18. The van der Waals surface area contributed by atoms with Crippen LogP contribution in [0.1, 0.15) is 71.6 Å². The Hall–Kier alpha value is -1.24. The van der Waals surface area contributed by atoms with Gasteiger partial charge in [0.15, 0.2) is 5.12 Å². The molecule has 0 aromatic heterocycles. The topological polar surface area (TPSA) is 69.7 Å². The van der Waals surface area contributed by atoms with E-state index in [0.717, 1.165) is 32.4 Å². The van der Waals surface area contributed by atoms with Crippen molar-refractivity contribution in [2.45, 2.75) is 77.7 Å². The summed E-state index contributed by atoms with van der Waals surface area (Å²) in [5, 5.41) is 2.98. The van der Waals surface area contributed by atoms with Gasteiger partial charge in [0.25, 0.3) is 0 Å². The summed E-state index contributed by atoms with van der Waals surface area (Å²) in [5.41, 5.74) is 0. The van der Waals surface area contributed by atoms with Crippen molar-refractivity contribution < 1.29 is 14.4 Å². The lowest BCUT2D eigenvalue weighted by Crippen LogP contribution is -2.52. The number of likely N-dealkylation sites (tertiary alicyclic amines) is 1. The molecule has 3 amide bonds. The molecular formula is C21H37N3O3S. The molecule has 1 atom stereocenters. The van der Waals surface area contributed by atoms with E-state index in [2.05, 4.69) is 5.32 Å². The fraction of sp³-hybridized carbons (Fsp3) is 0.857. The molecule has 6 nitrogen and oxygen atoms in total. The molecule has 1 saturated carbocycles. The predicted octanol–water partition coefficient (Wildman–Crippen LogP) is 3.65. The molecule has 1 heterocycles. The molecule has 0 spiro atoms. The Balaban J connectivity index is 1.86. The molecule has 0 radical (unpaired) electrons. The molecule has 160 valence electrons. The second-order valence-corrected chi connectivity index (χ2v) is 9.45. The lowest BCUT2D eigenvalue weighted by Gasteiger charge is -2.31. The average molecular weight is 412 g/mol. The van der Waals surface area contributed by atoms with Crippen LogP contribution in [0.25, 0.3) is 0 Å². The van der Waals surface area contributed by atoms with Gasteiger partial charge in [-0.25, -0.2) is 4.79 Å². The Morgan fingerprint density at radius 1 is 1.04 bits per heavy atom. The summed E-state index contributed by atoms with van der Waals surface area (Å²) in [7, 11) is 0. The van der Waals surface area contributed by atoms with Crippen LogP contribution in [0, 0.1) is 5.92 Å². The van der Waals surface area contributed by atoms with Crippen LogP contribution in [0.15, 0.2) is 0 Å².